The highest BCUT2D eigenvalue weighted by molar-refractivity contribution is 8.02. The Kier molecular flexibility index (Phi) is 4.59. The number of aromatic nitrogens is 3. The molecule has 9 heteroatoms. The van der Waals surface area contributed by atoms with Crippen molar-refractivity contribution in [2.45, 2.75) is 15.5 Å². The van der Waals surface area contributed by atoms with Crippen molar-refractivity contribution in [2.75, 3.05) is 5.32 Å². The predicted molar refractivity (Wildman–Crippen MR) is 90.3 cm³/mol. The monoisotopic (exact) mass is 365 g/mol. The number of hydrogen-bond acceptors (Lipinski definition) is 8. The van der Waals surface area contributed by atoms with Crippen molar-refractivity contribution in [3.05, 3.63) is 40.5 Å². The summed E-state index contributed by atoms with van der Waals surface area (Å²) in [4.78, 5) is 0. The molecule has 1 N–H and O–H groups in total. The molecule has 0 saturated carbocycles. The van der Waals surface area contributed by atoms with E-state index in [0.717, 1.165) is 14.2 Å². The second-order valence-corrected chi connectivity index (χ2v) is 7.84. The van der Waals surface area contributed by atoms with E-state index in [2.05, 4.69) is 26.0 Å². The van der Waals surface area contributed by atoms with E-state index < -0.39 is 0 Å². The molecule has 0 amide bonds. The SMILES string of the molecule is Cc1ccc(Nc2nnc(Sc3snc(Cl)c3C#N)s2)cc1. The van der Waals surface area contributed by atoms with E-state index in [1.54, 1.807) is 0 Å². The minimum absolute atomic E-state index is 0.234. The molecule has 2 aromatic heterocycles. The largest absolute Gasteiger partial charge is 0.330 e. The van der Waals surface area contributed by atoms with Gasteiger partial charge in [-0.05, 0) is 42.4 Å². The van der Waals surface area contributed by atoms with Crippen molar-refractivity contribution in [2.24, 2.45) is 0 Å². The number of rotatable bonds is 4. The molecule has 3 rings (SSSR count). The van der Waals surface area contributed by atoms with Crippen LogP contribution in [-0.4, -0.2) is 14.6 Å². The molecule has 0 atom stereocenters. The fourth-order valence-electron chi connectivity index (χ4n) is 1.56. The van der Waals surface area contributed by atoms with Gasteiger partial charge in [0, 0.05) is 5.69 Å². The van der Waals surface area contributed by atoms with Gasteiger partial charge in [-0.2, -0.15) is 9.64 Å². The lowest BCUT2D eigenvalue weighted by Gasteiger charge is -2.01. The van der Waals surface area contributed by atoms with E-state index >= 15 is 0 Å². The van der Waals surface area contributed by atoms with Crippen molar-refractivity contribution in [1.29, 1.82) is 5.26 Å². The maximum absolute atomic E-state index is 9.06. The summed E-state index contributed by atoms with van der Waals surface area (Å²) >= 11 is 9.80. The molecule has 110 valence electrons. The number of benzene rings is 1. The Morgan fingerprint density at radius 2 is 2.05 bits per heavy atom. The van der Waals surface area contributed by atoms with Crippen molar-refractivity contribution in [3.8, 4) is 6.07 Å². The van der Waals surface area contributed by atoms with Gasteiger partial charge in [0.05, 0.1) is 0 Å². The average Bonchev–Trinajstić information content (AvgIpc) is 3.09. The van der Waals surface area contributed by atoms with E-state index in [1.165, 1.54) is 40.2 Å². The summed E-state index contributed by atoms with van der Waals surface area (Å²) < 4.78 is 5.43. The van der Waals surface area contributed by atoms with Crippen LogP contribution in [0.3, 0.4) is 0 Å². The zero-order valence-electron chi connectivity index (χ0n) is 11.2. The van der Waals surface area contributed by atoms with Crippen molar-refractivity contribution >= 4 is 57.1 Å². The maximum Gasteiger partial charge on any atom is 0.210 e. The Balaban J connectivity index is 1.74. The average molecular weight is 366 g/mol. The number of halogens is 1. The maximum atomic E-state index is 9.06. The topological polar surface area (TPSA) is 74.5 Å². The quantitative estimate of drug-likeness (QED) is 0.720. The molecule has 1 aromatic carbocycles. The molecule has 0 aliphatic carbocycles. The van der Waals surface area contributed by atoms with Crippen LogP contribution in [0.2, 0.25) is 5.15 Å². The lowest BCUT2D eigenvalue weighted by molar-refractivity contribution is 1.01. The van der Waals surface area contributed by atoms with Crippen LogP contribution in [0.5, 0.6) is 0 Å². The summed E-state index contributed by atoms with van der Waals surface area (Å²) in [5.74, 6) is 0. The first-order valence-electron chi connectivity index (χ1n) is 6.06. The van der Waals surface area contributed by atoms with Crippen LogP contribution in [-0.2, 0) is 0 Å². The Morgan fingerprint density at radius 3 is 2.77 bits per heavy atom. The summed E-state index contributed by atoms with van der Waals surface area (Å²) in [6.07, 6.45) is 0. The summed E-state index contributed by atoms with van der Waals surface area (Å²) in [5, 5.41) is 21.4. The van der Waals surface area contributed by atoms with Gasteiger partial charge in [-0.3, -0.25) is 0 Å². The molecule has 0 saturated heterocycles. The molecule has 0 unspecified atom stereocenters. The van der Waals surface area contributed by atoms with Gasteiger partial charge in [0.2, 0.25) is 5.13 Å². The molecule has 5 nitrogen and oxygen atoms in total. The van der Waals surface area contributed by atoms with Crippen molar-refractivity contribution in [1.82, 2.24) is 14.6 Å². The van der Waals surface area contributed by atoms with E-state index in [9.17, 15) is 0 Å². The number of nitriles is 1. The van der Waals surface area contributed by atoms with Gasteiger partial charge in [0.25, 0.3) is 0 Å². The molecule has 22 heavy (non-hydrogen) atoms. The minimum Gasteiger partial charge on any atom is -0.330 e. The van der Waals surface area contributed by atoms with Gasteiger partial charge in [0.1, 0.15) is 15.8 Å². The molecule has 0 aliphatic rings. The number of nitrogens with one attached hydrogen (secondary N) is 1. The number of anilines is 2. The number of hydrogen-bond donors (Lipinski definition) is 1. The van der Waals surface area contributed by atoms with Gasteiger partial charge in [-0.1, -0.05) is 40.6 Å². The molecule has 3 aromatic rings. The third-order valence-corrected chi connectivity index (χ3v) is 5.89. The van der Waals surface area contributed by atoms with Crippen LogP contribution >= 0.6 is 46.2 Å². The van der Waals surface area contributed by atoms with Crippen LogP contribution in [0.4, 0.5) is 10.8 Å². The first-order valence-corrected chi connectivity index (χ1v) is 8.84. The predicted octanol–water partition coefficient (Wildman–Crippen LogP) is 4.72. The summed E-state index contributed by atoms with van der Waals surface area (Å²) in [6.45, 7) is 2.04. The zero-order valence-corrected chi connectivity index (χ0v) is 14.4. The smallest absolute Gasteiger partial charge is 0.210 e. The summed E-state index contributed by atoms with van der Waals surface area (Å²) in [5.41, 5.74) is 2.54. The molecule has 2 heterocycles. The lowest BCUT2D eigenvalue weighted by Crippen LogP contribution is -1.88. The Hall–Kier alpha value is -1.66. The summed E-state index contributed by atoms with van der Waals surface area (Å²) in [6, 6.07) is 10.1. The Labute approximate surface area is 144 Å². The second-order valence-electron chi connectivity index (χ2n) is 4.21. The van der Waals surface area contributed by atoms with Gasteiger partial charge in [0.15, 0.2) is 9.49 Å². The van der Waals surface area contributed by atoms with E-state index in [4.69, 9.17) is 16.9 Å². The fraction of sp³-hybridized carbons (Fsp3) is 0.0769. The minimum atomic E-state index is 0.234. The fourth-order valence-corrected chi connectivity index (χ4v) is 4.69. The standard InChI is InChI=1S/C13H8ClN5S3/c1-7-2-4-8(5-3-7)16-12-17-18-13(21-12)20-11-9(6-15)10(14)19-22-11/h2-5H,1H3,(H,16,17). The van der Waals surface area contributed by atoms with Crippen LogP contribution in [0.1, 0.15) is 11.1 Å². The van der Waals surface area contributed by atoms with Crippen LogP contribution in [0, 0.1) is 18.3 Å². The van der Waals surface area contributed by atoms with E-state index in [-0.39, 0.29) is 5.15 Å². The van der Waals surface area contributed by atoms with Gasteiger partial charge in [-0.15, -0.1) is 10.2 Å². The second kappa shape index (κ2) is 6.62. The van der Waals surface area contributed by atoms with E-state index in [1.807, 2.05) is 31.2 Å². The highest BCUT2D eigenvalue weighted by atomic mass is 35.5. The highest BCUT2D eigenvalue weighted by Crippen LogP contribution is 2.39. The van der Waals surface area contributed by atoms with Crippen molar-refractivity contribution in [3.63, 3.8) is 0 Å². The molecule has 0 spiro atoms. The zero-order chi connectivity index (χ0) is 15.5. The molecule has 0 bridgehead atoms. The van der Waals surface area contributed by atoms with Crippen molar-refractivity contribution < 1.29 is 0 Å². The Morgan fingerprint density at radius 1 is 1.27 bits per heavy atom. The first kappa shape index (κ1) is 15.2. The van der Waals surface area contributed by atoms with E-state index in [0.29, 0.717) is 10.7 Å². The Bertz CT molecular complexity index is 834. The first-order chi connectivity index (χ1) is 10.7. The lowest BCUT2D eigenvalue weighted by atomic mass is 10.2. The van der Waals surface area contributed by atoms with Crippen LogP contribution < -0.4 is 5.32 Å². The van der Waals surface area contributed by atoms with Crippen LogP contribution in [0.15, 0.2) is 32.8 Å². The van der Waals surface area contributed by atoms with Gasteiger partial charge < -0.3 is 5.32 Å². The third-order valence-electron chi connectivity index (χ3n) is 2.62. The normalized spacial score (nSPS) is 10.4. The molecule has 0 aliphatic heterocycles. The number of nitrogens with zero attached hydrogens (tertiary/aromatic N) is 4. The van der Waals surface area contributed by atoms with Gasteiger partial charge in [-0.25, -0.2) is 0 Å². The summed E-state index contributed by atoms with van der Waals surface area (Å²) in [7, 11) is 0. The molecule has 0 fully saturated rings. The van der Waals surface area contributed by atoms with Gasteiger partial charge >= 0.3 is 0 Å². The molecule has 0 radical (unpaired) electrons. The molecular formula is C13H8ClN5S3. The third kappa shape index (κ3) is 3.39. The number of aryl methyl sites for hydroxylation is 1. The highest BCUT2D eigenvalue weighted by Gasteiger charge is 2.15. The van der Waals surface area contributed by atoms with Crippen LogP contribution in [0.25, 0.3) is 0 Å². The molecular weight excluding hydrogens is 358 g/mol.